The highest BCUT2D eigenvalue weighted by molar-refractivity contribution is 14.1. The SMILES string of the molecule is CC(N)C(c1cccs1)n1cc(I)cn1. The number of hydrogen-bond acceptors (Lipinski definition) is 3. The minimum absolute atomic E-state index is 0.0550. The molecular weight excluding hydrogens is 321 g/mol. The van der Waals surface area contributed by atoms with Gasteiger partial charge in [-0.1, -0.05) is 6.07 Å². The fourth-order valence-corrected chi connectivity index (χ4v) is 2.90. The fraction of sp³-hybridized carbons (Fsp3) is 0.300. The summed E-state index contributed by atoms with van der Waals surface area (Å²) in [7, 11) is 0. The average molecular weight is 333 g/mol. The van der Waals surface area contributed by atoms with E-state index in [0.29, 0.717) is 0 Å². The van der Waals surface area contributed by atoms with Gasteiger partial charge in [-0.3, -0.25) is 4.68 Å². The van der Waals surface area contributed by atoms with Crippen molar-refractivity contribution in [2.45, 2.75) is 19.0 Å². The molecule has 0 bridgehead atoms. The van der Waals surface area contributed by atoms with Gasteiger partial charge in [-0.15, -0.1) is 11.3 Å². The van der Waals surface area contributed by atoms with Crippen molar-refractivity contribution in [2.24, 2.45) is 5.73 Å². The number of nitrogens with zero attached hydrogens (tertiary/aromatic N) is 2. The standard InChI is InChI=1S/C10H12IN3S/c1-7(12)10(9-3-2-4-15-9)14-6-8(11)5-13-14/h2-7,10H,12H2,1H3. The second kappa shape index (κ2) is 4.63. The van der Waals surface area contributed by atoms with Crippen LogP contribution in [-0.4, -0.2) is 15.8 Å². The molecule has 0 aromatic carbocycles. The largest absolute Gasteiger partial charge is 0.326 e. The third-order valence-corrected chi connectivity index (χ3v) is 3.69. The number of hydrogen-bond donors (Lipinski definition) is 1. The summed E-state index contributed by atoms with van der Waals surface area (Å²) >= 11 is 3.97. The second-order valence-electron chi connectivity index (χ2n) is 3.46. The lowest BCUT2D eigenvalue weighted by atomic mass is 10.1. The monoisotopic (exact) mass is 333 g/mol. The van der Waals surface area contributed by atoms with Crippen LogP contribution in [-0.2, 0) is 0 Å². The van der Waals surface area contributed by atoms with Gasteiger partial charge in [0.05, 0.1) is 9.77 Å². The van der Waals surface area contributed by atoms with E-state index in [9.17, 15) is 0 Å². The zero-order valence-electron chi connectivity index (χ0n) is 8.30. The van der Waals surface area contributed by atoms with Crippen LogP contribution in [0.4, 0.5) is 0 Å². The van der Waals surface area contributed by atoms with Crippen molar-refractivity contribution in [3.8, 4) is 0 Å². The van der Waals surface area contributed by atoms with Gasteiger partial charge in [0.2, 0.25) is 0 Å². The number of aromatic nitrogens is 2. The summed E-state index contributed by atoms with van der Waals surface area (Å²) in [6.45, 7) is 2.01. The summed E-state index contributed by atoms with van der Waals surface area (Å²) in [6.07, 6.45) is 3.87. The molecule has 0 fully saturated rings. The fourth-order valence-electron chi connectivity index (χ4n) is 1.56. The topological polar surface area (TPSA) is 43.8 Å². The molecule has 0 aliphatic carbocycles. The lowest BCUT2D eigenvalue weighted by Crippen LogP contribution is -2.29. The molecule has 0 saturated heterocycles. The Balaban J connectivity index is 2.36. The van der Waals surface area contributed by atoms with E-state index in [4.69, 9.17) is 5.73 Å². The Kier molecular flexibility index (Phi) is 3.42. The molecule has 0 radical (unpaired) electrons. The van der Waals surface area contributed by atoms with Crippen molar-refractivity contribution in [3.63, 3.8) is 0 Å². The molecule has 15 heavy (non-hydrogen) atoms. The van der Waals surface area contributed by atoms with Gasteiger partial charge in [-0.2, -0.15) is 5.10 Å². The molecule has 0 aliphatic heterocycles. The molecule has 0 aliphatic rings. The summed E-state index contributed by atoms with van der Waals surface area (Å²) < 4.78 is 3.08. The highest BCUT2D eigenvalue weighted by Gasteiger charge is 2.19. The molecule has 2 unspecified atom stereocenters. The minimum atomic E-state index is 0.0550. The molecule has 2 rings (SSSR count). The zero-order chi connectivity index (χ0) is 10.8. The van der Waals surface area contributed by atoms with Crippen LogP contribution >= 0.6 is 33.9 Å². The Labute approximate surface area is 106 Å². The normalized spacial score (nSPS) is 15.1. The molecular formula is C10H12IN3S. The quantitative estimate of drug-likeness (QED) is 0.877. The molecule has 3 nitrogen and oxygen atoms in total. The summed E-state index contributed by atoms with van der Waals surface area (Å²) in [4.78, 5) is 1.25. The first-order valence-electron chi connectivity index (χ1n) is 4.67. The number of halogens is 1. The molecule has 0 spiro atoms. The van der Waals surface area contributed by atoms with Crippen LogP contribution in [0.3, 0.4) is 0 Å². The maximum atomic E-state index is 6.01. The summed E-state index contributed by atoms with van der Waals surface area (Å²) in [5.41, 5.74) is 6.01. The van der Waals surface area contributed by atoms with E-state index in [2.05, 4.69) is 39.1 Å². The summed E-state index contributed by atoms with van der Waals surface area (Å²) in [5.74, 6) is 0. The average Bonchev–Trinajstić information content (AvgIpc) is 2.77. The molecule has 2 aromatic heterocycles. The van der Waals surface area contributed by atoms with Gasteiger partial charge in [0.1, 0.15) is 6.04 Å². The van der Waals surface area contributed by atoms with Crippen molar-refractivity contribution in [2.75, 3.05) is 0 Å². The number of nitrogens with two attached hydrogens (primary N) is 1. The van der Waals surface area contributed by atoms with E-state index >= 15 is 0 Å². The molecule has 2 atom stereocenters. The lowest BCUT2D eigenvalue weighted by molar-refractivity contribution is 0.460. The van der Waals surface area contributed by atoms with Crippen LogP contribution in [0, 0.1) is 3.57 Å². The van der Waals surface area contributed by atoms with Crippen LogP contribution in [0.2, 0.25) is 0 Å². The Morgan fingerprint density at radius 2 is 2.40 bits per heavy atom. The van der Waals surface area contributed by atoms with Gasteiger partial charge in [0.15, 0.2) is 0 Å². The van der Waals surface area contributed by atoms with Crippen LogP contribution in [0.5, 0.6) is 0 Å². The first kappa shape index (κ1) is 11.1. The molecule has 2 aromatic rings. The van der Waals surface area contributed by atoms with E-state index in [-0.39, 0.29) is 12.1 Å². The van der Waals surface area contributed by atoms with Crippen molar-refractivity contribution in [1.82, 2.24) is 9.78 Å². The summed E-state index contributed by atoms with van der Waals surface area (Å²) in [5, 5.41) is 6.40. The predicted octanol–water partition coefficient (Wildman–Crippen LogP) is 2.49. The van der Waals surface area contributed by atoms with E-state index in [1.807, 2.05) is 30.1 Å². The van der Waals surface area contributed by atoms with Crippen LogP contribution in [0.25, 0.3) is 0 Å². The highest BCUT2D eigenvalue weighted by Crippen LogP contribution is 2.25. The van der Waals surface area contributed by atoms with Crippen molar-refractivity contribution in [1.29, 1.82) is 0 Å². The molecule has 5 heteroatoms. The van der Waals surface area contributed by atoms with Crippen molar-refractivity contribution < 1.29 is 0 Å². The Bertz CT molecular complexity index is 422. The molecule has 80 valence electrons. The maximum Gasteiger partial charge on any atom is 0.101 e. The first-order chi connectivity index (χ1) is 7.18. The van der Waals surface area contributed by atoms with Gasteiger partial charge in [-0.05, 0) is 41.0 Å². The van der Waals surface area contributed by atoms with E-state index in [0.717, 1.165) is 3.57 Å². The van der Waals surface area contributed by atoms with Crippen LogP contribution in [0.1, 0.15) is 17.8 Å². The summed E-state index contributed by atoms with van der Waals surface area (Å²) in [6, 6.07) is 4.35. The smallest absolute Gasteiger partial charge is 0.101 e. The van der Waals surface area contributed by atoms with Gasteiger partial charge in [0, 0.05) is 17.1 Å². The molecule has 2 N–H and O–H groups in total. The lowest BCUT2D eigenvalue weighted by Gasteiger charge is -2.19. The minimum Gasteiger partial charge on any atom is -0.326 e. The van der Waals surface area contributed by atoms with E-state index < -0.39 is 0 Å². The molecule has 0 saturated carbocycles. The van der Waals surface area contributed by atoms with Crippen molar-refractivity contribution in [3.05, 3.63) is 38.4 Å². The van der Waals surface area contributed by atoms with Gasteiger partial charge in [-0.25, -0.2) is 0 Å². The van der Waals surface area contributed by atoms with Gasteiger partial charge >= 0.3 is 0 Å². The van der Waals surface area contributed by atoms with Crippen LogP contribution < -0.4 is 5.73 Å². The predicted molar refractivity (Wildman–Crippen MR) is 71.1 cm³/mol. The first-order valence-corrected chi connectivity index (χ1v) is 6.63. The third-order valence-electron chi connectivity index (χ3n) is 2.19. The number of rotatable bonds is 3. The second-order valence-corrected chi connectivity index (χ2v) is 5.68. The molecule has 0 amide bonds. The van der Waals surface area contributed by atoms with Crippen LogP contribution in [0.15, 0.2) is 29.9 Å². The van der Waals surface area contributed by atoms with Gasteiger partial charge in [0.25, 0.3) is 0 Å². The molecule has 2 heterocycles. The van der Waals surface area contributed by atoms with Crippen molar-refractivity contribution >= 4 is 33.9 Å². The zero-order valence-corrected chi connectivity index (χ0v) is 11.3. The highest BCUT2D eigenvalue weighted by atomic mass is 127. The Morgan fingerprint density at radius 3 is 2.87 bits per heavy atom. The van der Waals surface area contributed by atoms with E-state index in [1.165, 1.54) is 4.88 Å². The Hall–Kier alpha value is -0.400. The number of thiophene rings is 1. The third kappa shape index (κ3) is 2.40. The Morgan fingerprint density at radius 1 is 1.60 bits per heavy atom. The maximum absolute atomic E-state index is 6.01. The van der Waals surface area contributed by atoms with Gasteiger partial charge < -0.3 is 5.73 Å². The van der Waals surface area contributed by atoms with E-state index in [1.54, 1.807) is 11.3 Å².